The van der Waals surface area contributed by atoms with Gasteiger partial charge in [-0.25, -0.2) is 0 Å². The van der Waals surface area contributed by atoms with Gasteiger partial charge in [0.2, 0.25) is 0 Å². The van der Waals surface area contributed by atoms with Crippen LogP contribution in [0, 0.1) is 17.8 Å². The molecule has 1 saturated heterocycles. The van der Waals surface area contributed by atoms with Crippen LogP contribution in [0.5, 0.6) is 0 Å². The highest BCUT2D eigenvalue weighted by molar-refractivity contribution is 4.89. The quantitative estimate of drug-likeness (QED) is 0.782. The number of hydrogen-bond donors (Lipinski definition) is 1. The van der Waals surface area contributed by atoms with Gasteiger partial charge in [0.05, 0.1) is 0 Å². The van der Waals surface area contributed by atoms with Crippen molar-refractivity contribution in [3.63, 3.8) is 0 Å². The van der Waals surface area contributed by atoms with E-state index < -0.39 is 0 Å². The average molecular weight is 254 g/mol. The second-order valence-corrected chi connectivity index (χ2v) is 7.04. The SMILES string of the molecule is CCC(C)C1CNC(CC(C)C)CN1CC(C)C. The van der Waals surface area contributed by atoms with E-state index in [1.165, 1.54) is 32.5 Å². The Bertz CT molecular complexity index is 225. The summed E-state index contributed by atoms with van der Waals surface area (Å²) in [7, 11) is 0. The van der Waals surface area contributed by atoms with Gasteiger partial charge in [0.25, 0.3) is 0 Å². The topological polar surface area (TPSA) is 15.3 Å². The zero-order valence-electron chi connectivity index (χ0n) is 13.4. The molecule has 0 aromatic carbocycles. The smallest absolute Gasteiger partial charge is 0.0246 e. The van der Waals surface area contributed by atoms with E-state index in [1.807, 2.05) is 0 Å². The molecular formula is C16H34N2. The van der Waals surface area contributed by atoms with Crippen molar-refractivity contribution >= 4 is 0 Å². The maximum absolute atomic E-state index is 3.78. The van der Waals surface area contributed by atoms with Crippen LogP contribution >= 0.6 is 0 Å². The van der Waals surface area contributed by atoms with Gasteiger partial charge >= 0.3 is 0 Å². The van der Waals surface area contributed by atoms with Gasteiger partial charge in [-0.15, -0.1) is 0 Å². The van der Waals surface area contributed by atoms with Gasteiger partial charge in [0.1, 0.15) is 0 Å². The van der Waals surface area contributed by atoms with Crippen molar-refractivity contribution in [3.05, 3.63) is 0 Å². The highest BCUT2D eigenvalue weighted by Gasteiger charge is 2.31. The van der Waals surface area contributed by atoms with E-state index in [9.17, 15) is 0 Å². The fourth-order valence-electron chi connectivity index (χ4n) is 3.14. The molecule has 2 nitrogen and oxygen atoms in total. The molecule has 3 atom stereocenters. The first-order valence-electron chi connectivity index (χ1n) is 7.91. The molecule has 0 aromatic heterocycles. The molecule has 1 aliphatic heterocycles. The molecule has 108 valence electrons. The highest BCUT2D eigenvalue weighted by atomic mass is 15.2. The van der Waals surface area contributed by atoms with Crippen LogP contribution in [0.1, 0.15) is 54.4 Å². The molecule has 18 heavy (non-hydrogen) atoms. The lowest BCUT2D eigenvalue weighted by molar-refractivity contribution is 0.0748. The first-order valence-corrected chi connectivity index (χ1v) is 7.91. The minimum absolute atomic E-state index is 0.698. The molecule has 0 saturated carbocycles. The Kier molecular flexibility index (Phi) is 6.65. The Morgan fingerprint density at radius 3 is 2.28 bits per heavy atom. The number of nitrogens with zero attached hydrogens (tertiary/aromatic N) is 1. The average Bonchev–Trinajstić information content (AvgIpc) is 2.26. The van der Waals surface area contributed by atoms with Gasteiger partial charge in [0, 0.05) is 31.7 Å². The Hall–Kier alpha value is -0.0800. The van der Waals surface area contributed by atoms with Crippen LogP contribution in [0.25, 0.3) is 0 Å². The number of nitrogens with one attached hydrogen (secondary N) is 1. The van der Waals surface area contributed by atoms with Crippen molar-refractivity contribution in [1.82, 2.24) is 10.2 Å². The number of hydrogen-bond acceptors (Lipinski definition) is 2. The molecule has 3 unspecified atom stereocenters. The molecule has 1 aliphatic rings. The summed E-state index contributed by atoms with van der Waals surface area (Å²) in [5.74, 6) is 2.37. The molecule has 2 heteroatoms. The van der Waals surface area contributed by atoms with Gasteiger partial charge in [0.15, 0.2) is 0 Å². The number of rotatable bonds is 6. The summed E-state index contributed by atoms with van der Waals surface area (Å²) in [4.78, 5) is 2.75. The zero-order chi connectivity index (χ0) is 13.7. The first-order chi connectivity index (χ1) is 8.43. The molecule has 1 fully saturated rings. The van der Waals surface area contributed by atoms with Crippen molar-refractivity contribution in [2.45, 2.75) is 66.5 Å². The van der Waals surface area contributed by atoms with Crippen molar-refractivity contribution in [2.75, 3.05) is 19.6 Å². The van der Waals surface area contributed by atoms with E-state index in [4.69, 9.17) is 0 Å². The summed E-state index contributed by atoms with van der Waals surface area (Å²) in [5, 5.41) is 3.78. The van der Waals surface area contributed by atoms with E-state index >= 15 is 0 Å². The summed E-state index contributed by atoms with van der Waals surface area (Å²) in [6.07, 6.45) is 2.59. The summed E-state index contributed by atoms with van der Waals surface area (Å²) >= 11 is 0. The van der Waals surface area contributed by atoms with E-state index in [1.54, 1.807) is 0 Å². The van der Waals surface area contributed by atoms with Crippen LogP contribution in [0.4, 0.5) is 0 Å². The second kappa shape index (κ2) is 7.49. The maximum Gasteiger partial charge on any atom is 0.0246 e. The molecule has 1 rings (SSSR count). The third-order valence-corrected chi connectivity index (χ3v) is 4.20. The molecule has 0 aromatic rings. The third-order valence-electron chi connectivity index (χ3n) is 4.20. The fraction of sp³-hybridized carbons (Fsp3) is 1.00. The Labute approximate surface area is 115 Å². The van der Waals surface area contributed by atoms with E-state index in [0.717, 1.165) is 23.8 Å². The molecule has 1 heterocycles. The molecule has 0 aliphatic carbocycles. The van der Waals surface area contributed by atoms with Crippen LogP contribution in [-0.4, -0.2) is 36.6 Å². The summed E-state index contributed by atoms with van der Waals surface area (Å²) in [6, 6.07) is 1.44. The monoisotopic (exact) mass is 254 g/mol. The van der Waals surface area contributed by atoms with E-state index in [0.29, 0.717) is 6.04 Å². The minimum atomic E-state index is 0.698. The van der Waals surface area contributed by atoms with Gasteiger partial charge in [-0.3, -0.25) is 4.90 Å². The predicted molar refractivity (Wildman–Crippen MR) is 80.9 cm³/mol. The largest absolute Gasteiger partial charge is 0.311 e. The van der Waals surface area contributed by atoms with Crippen molar-refractivity contribution in [3.8, 4) is 0 Å². The molecule has 0 spiro atoms. The highest BCUT2D eigenvalue weighted by Crippen LogP contribution is 2.21. The van der Waals surface area contributed by atoms with Crippen LogP contribution in [0.3, 0.4) is 0 Å². The normalized spacial score (nSPS) is 28.0. The standard InChI is InChI=1S/C16H34N2/c1-7-14(6)16-9-17-15(8-12(2)3)11-18(16)10-13(4)5/h12-17H,7-11H2,1-6H3. The predicted octanol–water partition coefficient (Wildman–Crippen LogP) is 3.38. The van der Waals surface area contributed by atoms with Crippen LogP contribution in [0.15, 0.2) is 0 Å². The Morgan fingerprint density at radius 1 is 1.11 bits per heavy atom. The summed E-state index contributed by atoms with van der Waals surface area (Å²) < 4.78 is 0. The van der Waals surface area contributed by atoms with Gasteiger partial charge in [-0.2, -0.15) is 0 Å². The molecular weight excluding hydrogens is 220 g/mol. The lowest BCUT2D eigenvalue weighted by atomic mass is 9.91. The lowest BCUT2D eigenvalue weighted by Crippen LogP contribution is -2.59. The van der Waals surface area contributed by atoms with Gasteiger partial charge in [-0.1, -0.05) is 48.0 Å². The van der Waals surface area contributed by atoms with E-state index in [-0.39, 0.29) is 0 Å². The lowest BCUT2D eigenvalue weighted by Gasteiger charge is -2.44. The van der Waals surface area contributed by atoms with Crippen LogP contribution in [0.2, 0.25) is 0 Å². The molecule has 0 radical (unpaired) electrons. The first kappa shape index (κ1) is 16.0. The second-order valence-electron chi connectivity index (χ2n) is 7.04. The van der Waals surface area contributed by atoms with E-state index in [2.05, 4.69) is 51.8 Å². The van der Waals surface area contributed by atoms with Crippen molar-refractivity contribution in [2.24, 2.45) is 17.8 Å². The summed E-state index contributed by atoms with van der Waals surface area (Å²) in [6.45, 7) is 17.7. The van der Waals surface area contributed by atoms with Gasteiger partial charge < -0.3 is 5.32 Å². The fourth-order valence-corrected chi connectivity index (χ4v) is 3.14. The Balaban J connectivity index is 2.60. The van der Waals surface area contributed by atoms with Crippen molar-refractivity contribution < 1.29 is 0 Å². The maximum atomic E-state index is 3.78. The molecule has 1 N–H and O–H groups in total. The zero-order valence-corrected chi connectivity index (χ0v) is 13.4. The molecule has 0 bridgehead atoms. The van der Waals surface area contributed by atoms with Crippen LogP contribution < -0.4 is 5.32 Å². The third kappa shape index (κ3) is 4.89. The van der Waals surface area contributed by atoms with Crippen molar-refractivity contribution in [1.29, 1.82) is 0 Å². The number of piperazine rings is 1. The minimum Gasteiger partial charge on any atom is -0.311 e. The van der Waals surface area contributed by atoms with Gasteiger partial charge in [-0.05, 0) is 24.2 Å². The summed E-state index contributed by atoms with van der Waals surface area (Å²) in [5.41, 5.74) is 0. The Morgan fingerprint density at radius 2 is 1.78 bits per heavy atom. The van der Waals surface area contributed by atoms with Crippen LogP contribution in [-0.2, 0) is 0 Å². The molecule has 0 amide bonds.